The molecule has 0 fully saturated rings. The lowest BCUT2D eigenvalue weighted by molar-refractivity contribution is 0.260. The number of hydrogen-bond donors (Lipinski definition) is 1. The minimum Gasteiger partial charge on any atom is -0.464 e. The maximum atomic E-state index is 6.41. The molecule has 1 atom stereocenters. The quantitative estimate of drug-likeness (QED) is 0.287. The highest BCUT2D eigenvalue weighted by molar-refractivity contribution is 6.13. The topological polar surface area (TPSA) is 39.3 Å². The standard InChI is InChI=1S/C31H20N2O2/c1-2-8-20(9-3-1)33-24-12-6-4-10-21(24)23-18-19(14-15-25(23)33)31-32-30-28(35-31)17-16-27-29(30)22-11-5-7-13-26(22)34-27/h1-18,31-32H. The number of rotatable bonds is 2. The summed E-state index contributed by atoms with van der Waals surface area (Å²) >= 11 is 0. The molecule has 4 heteroatoms. The van der Waals surface area contributed by atoms with Gasteiger partial charge in [-0.05, 0) is 48.5 Å². The van der Waals surface area contributed by atoms with Gasteiger partial charge in [0, 0.05) is 27.4 Å². The fourth-order valence-corrected chi connectivity index (χ4v) is 5.49. The van der Waals surface area contributed by atoms with Gasteiger partial charge >= 0.3 is 0 Å². The first-order valence-corrected chi connectivity index (χ1v) is 11.8. The number of nitrogens with one attached hydrogen (secondary N) is 1. The molecule has 0 aliphatic carbocycles. The summed E-state index contributed by atoms with van der Waals surface area (Å²) in [7, 11) is 0. The summed E-state index contributed by atoms with van der Waals surface area (Å²) in [5.74, 6) is 0.848. The number of hydrogen-bond acceptors (Lipinski definition) is 3. The lowest BCUT2D eigenvalue weighted by atomic mass is 10.1. The summed E-state index contributed by atoms with van der Waals surface area (Å²) in [6.45, 7) is 0. The molecule has 4 nitrogen and oxygen atoms in total. The molecular weight excluding hydrogens is 432 g/mol. The van der Waals surface area contributed by atoms with Crippen LogP contribution in [0, 0.1) is 0 Å². The van der Waals surface area contributed by atoms with Crippen molar-refractivity contribution in [3.8, 4) is 11.4 Å². The number of para-hydroxylation sites is 3. The zero-order valence-corrected chi connectivity index (χ0v) is 18.7. The van der Waals surface area contributed by atoms with E-state index in [4.69, 9.17) is 9.15 Å². The lowest BCUT2D eigenvalue weighted by Gasteiger charge is -2.13. The summed E-state index contributed by atoms with van der Waals surface area (Å²) in [5, 5.41) is 8.24. The largest absolute Gasteiger partial charge is 0.464 e. The van der Waals surface area contributed by atoms with Gasteiger partial charge in [-0.1, -0.05) is 60.7 Å². The van der Waals surface area contributed by atoms with Crippen LogP contribution in [0.1, 0.15) is 11.8 Å². The molecule has 0 spiro atoms. The fourth-order valence-electron chi connectivity index (χ4n) is 5.49. The Balaban J connectivity index is 1.28. The maximum Gasteiger partial charge on any atom is 0.196 e. The number of ether oxygens (including phenoxy) is 1. The van der Waals surface area contributed by atoms with Crippen LogP contribution in [0.2, 0.25) is 0 Å². The van der Waals surface area contributed by atoms with Crippen molar-refractivity contribution in [2.24, 2.45) is 0 Å². The van der Waals surface area contributed by atoms with Gasteiger partial charge < -0.3 is 19.0 Å². The number of fused-ring (bicyclic) bond motifs is 8. The molecule has 8 rings (SSSR count). The van der Waals surface area contributed by atoms with E-state index < -0.39 is 0 Å². The maximum absolute atomic E-state index is 6.41. The Bertz CT molecular complexity index is 1910. The monoisotopic (exact) mass is 452 g/mol. The van der Waals surface area contributed by atoms with Crippen molar-refractivity contribution in [2.45, 2.75) is 6.23 Å². The van der Waals surface area contributed by atoms with Crippen molar-refractivity contribution in [1.82, 2.24) is 4.57 Å². The molecule has 35 heavy (non-hydrogen) atoms. The Hall–Kier alpha value is -4.70. The van der Waals surface area contributed by atoms with Crippen LogP contribution in [0.3, 0.4) is 0 Å². The summed E-state index contributed by atoms with van der Waals surface area (Å²) in [5.41, 5.74) is 7.36. The normalized spacial score (nSPS) is 15.0. The van der Waals surface area contributed by atoms with Crippen molar-refractivity contribution in [2.75, 3.05) is 5.32 Å². The average Bonchev–Trinajstić information content (AvgIpc) is 3.60. The van der Waals surface area contributed by atoms with Gasteiger partial charge in [-0.2, -0.15) is 0 Å². The van der Waals surface area contributed by atoms with E-state index in [1.54, 1.807) is 0 Å². The first kappa shape index (κ1) is 18.7. The molecule has 5 aromatic carbocycles. The fraction of sp³-hybridized carbons (Fsp3) is 0.0323. The third kappa shape index (κ3) is 2.62. The van der Waals surface area contributed by atoms with Gasteiger partial charge in [0.15, 0.2) is 6.23 Å². The van der Waals surface area contributed by atoms with Crippen LogP contribution in [0.4, 0.5) is 5.69 Å². The highest BCUT2D eigenvalue weighted by Gasteiger charge is 2.28. The number of aromatic nitrogens is 1. The second-order valence-electron chi connectivity index (χ2n) is 9.02. The van der Waals surface area contributed by atoms with E-state index in [9.17, 15) is 0 Å². The van der Waals surface area contributed by atoms with Crippen LogP contribution in [0.25, 0.3) is 49.4 Å². The first-order valence-electron chi connectivity index (χ1n) is 11.8. The molecule has 0 saturated heterocycles. The second-order valence-corrected chi connectivity index (χ2v) is 9.02. The van der Waals surface area contributed by atoms with Crippen molar-refractivity contribution in [3.63, 3.8) is 0 Å². The van der Waals surface area contributed by atoms with E-state index in [2.05, 4.69) is 88.7 Å². The molecule has 1 unspecified atom stereocenters. The van der Waals surface area contributed by atoms with Gasteiger partial charge in [-0.25, -0.2) is 0 Å². The van der Waals surface area contributed by atoms with E-state index in [0.29, 0.717) is 0 Å². The molecule has 1 aliphatic rings. The molecule has 0 amide bonds. The Morgan fingerprint density at radius 2 is 1.40 bits per heavy atom. The third-order valence-corrected chi connectivity index (χ3v) is 7.04. The molecule has 0 radical (unpaired) electrons. The molecule has 3 heterocycles. The van der Waals surface area contributed by atoms with Crippen molar-refractivity contribution < 1.29 is 9.15 Å². The SMILES string of the molecule is c1ccc(-n2c3ccccc3c3cc(C4Nc5c(ccc6oc7ccccc7c56)O4)ccc32)cc1. The van der Waals surface area contributed by atoms with E-state index in [0.717, 1.165) is 44.6 Å². The van der Waals surface area contributed by atoms with Crippen molar-refractivity contribution in [1.29, 1.82) is 0 Å². The zero-order valence-electron chi connectivity index (χ0n) is 18.7. The minimum absolute atomic E-state index is 0.271. The average molecular weight is 453 g/mol. The predicted octanol–water partition coefficient (Wildman–Crippen LogP) is 8.19. The van der Waals surface area contributed by atoms with Gasteiger partial charge in [0.1, 0.15) is 16.9 Å². The Kier molecular flexibility index (Phi) is 3.69. The zero-order chi connectivity index (χ0) is 22.9. The molecular formula is C31H20N2O2. The Morgan fingerprint density at radius 1 is 0.629 bits per heavy atom. The van der Waals surface area contributed by atoms with Crippen LogP contribution >= 0.6 is 0 Å². The van der Waals surface area contributed by atoms with E-state index in [1.807, 2.05) is 30.3 Å². The first-order chi connectivity index (χ1) is 17.3. The molecule has 1 aliphatic heterocycles. The molecule has 1 N–H and O–H groups in total. The van der Waals surface area contributed by atoms with Gasteiger partial charge in [0.05, 0.1) is 22.1 Å². The predicted molar refractivity (Wildman–Crippen MR) is 141 cm³/mol. The minimum atomic E-state index is -0.271. The molecule has 0 saturated carbocycles. The van der Waals surface area contributed by atoms with Gasteiger partial charge in [-0.15, -0.1) is 0 Å². The highest BCUT2D eigenvalue weighted by Crippen LogP contribution is 2.46. The molecule has 2 aromatic heterocycles. The second kappa shape index (κ2) is 6.90. The Morgan fingerprint density at radius 3 is 2.31 bits per heavy atom. The lowest BCUT2D eigenvalue weighted by Crippen LogP contribution is -2.10. The Labute approximate surface area is 201 Å². The number of nitrogens with zero attached hydrogens (tertiary/aromatic N) is 1. The molecule has 166 valence electrons. The van der Waals surface area contributed by atoms with Crippen LogP contribution in [-0.4, -0.2) is 4.57 Å². The van der Waals surface area contributed by atoms with Crippen molar-refractivity contribution >= 4 is 49.4 Å². The number of benzene rings is 5. The summed E-state index contributed by atoms with van der Waals surface area (Å²) in [6.07, 6.45) is -0.271. The molecule has 7 aromatic rings. The number of furan rings is 1. The summed E-state index contributed by atoms with van der Waals surface area (Å²) in [4.78, 5) is 0. The van der Waals surface area contributed by atoms with Gasteiger partial charge in [-0.3, -0.25) is 0 Å². The van der Waals surface area contributed by atoms with Gasteiger partial charge in [0.2, 0.25) is 0 Å². The van der Waals surface area contributed by atoms with E-state index >= 15 is 0 Å². The van der Waals surface area contributed by atoms with Crippen molar-refractivity contribution in [3.05, 3.63) is 115 Å². The highest BCUT2D eigenvalue weighted by atomic mass is 16.5. The van der Waals surface area contributed by atoms with E-state index in [-0.39, 0.29) is 6.23 Å². The summed E-state index contributed by atoms with van der Waals surface area (Å²) in [6, 6.07) is 37.8. The summed E-state index contributed by atoms with van der Waals surface area (Å²) < 4.78 is 14.8. The smallest absolute Gasteiger partial charge is 0.196 e. The van der Waals surface area contributed by atoms with Crippen LogP contribution in [0.5, 0.6) is 5.75 Å². The van der Waals surface area contributed by atoms with Crippen LogP contribution in [-0.2, 0) is 0 Å². The van der Waals surface area contributed by atoms with Crippen LogP contribution in [0.15, 0.2) is 114 Å². The van der Waals surface area contributed by atoms with Crippen LogP contribution < -0.4 is 10.1 Å². The van der Waals surface area contributed by atoms with E-state index in [1.165, 1.54) is 21.8 Å². The van der Waals surface area contributed by atoms with Gasteiger partial charge in [0.25, 0.3) is 0 Å². The number of anilines is 1. The molecule has 0 bridgehead atoms. The third-order valence-electron chi connectivity index (χ3n) is 7.04.